The summed E-state index contributed by atoms with van der Waals surface area (Å²) in [5.74, 6) is 1.04. The number of ether oxygens (including phenoxy) is 1. The zero-order valence-electron chi connectivity index (χ0n) is 14.7. The fourth-order valence-corrected chi connectivity index (χ4v) is 4.86. The quantitative estimate of drug-likeness (QED) is 0.755. The summed E-state index contributed by atoms with van der Waals surface area (Å²) in [6.45, 7) is 6.91. The van der Waals surface area contributed by atoms with Gasteiger partial charge in [0.25, 0.3) is 0 Å². The van der Waals surface area contributed by atoms with Crippen molar-refractivity contribution in [3.05, 3.63) is 29.3 Å². The predicted octanol–water partition coefficient (Wildman–Crippen LogP) is 2.50. The van der Waals surface area contributed by atoms with Gasteiger partial charge < -0.3 is 9.64 Å². The maximum absolute atomic E-state index is 12.5. The van der Waals surface area contributed by atoms with Crippen molar-refractivity contribution in [2.75, 3.05) is 24.7 Å². The third-order valence-electron chi connectivity index (χ3n) is 4.34. The molecule has 0 spiro atoms. The van der Waals surface area contributed by atoms with Gasteiger partial charge in [-0.1, -0.05) is 24.6 Å². The zero-order valence-corrected chi connectivity index (χ0v) is 15.6. The molecular formula is C18H27NO4S. The van der Waals surface area contributed by atoms with Crippen molar-refractivity contribution in [1.82, 2.24) is 4.90 Å². The standard InChI is InChI=1S/C18H27NO4S/c1-4-9-19(16-8-11-24(21,22)13-16)18(20)7-10-23-17-6-5-14(2)12-15(17)3/h5-6,12,16H,4,7-11,13H2,1-3H3. The fraction of sp³-hybridized carbons (Fsp3) is 0.611. The summed E-state index contributed by atoms with van der Waals surface area (Å²) in [5.41, 5.74) is 2.22. The van der Waals surface area contributed by atoms with Gasteiger partial charge in [0.2, 0.25) is 5.91 Å². The molecule has 1 saturated heterocycles. The molecule has 1 fully saturated rings. The van der Waals surface area contributed by atoms with Crippen LogP contribution < -0.4 is 4.74 Å². The van der Waals surface area contributed by atoms with E-state index in [2.05, 4.69) is 0 Å². The van der Waals surface area contributed by atoms with Crippen molar-refractivity contribution in [2.45, 2.75) is 46.1 Å². The first-order chi connectivity index (χ1) is 11.3. The number of rotatable bonds is 7. The number of benzene rings is 1. The molecule has 0 N–H and O–H groups in total. The van der Waals surface area contributed by atoms with Crippen molar-refractivity contribution in [2.24, 2.45) is 0 Å². The Kier molecular flexibility index (Phi) is 6.27. The summed E-state index contributed by atoms with van der Waals surface area (Å²) in [5, 5.41) is 0. The van der Waals surface area contributed by atoms with Crippen LogP contribution in [0.25, 0.3) is 0 Å². The largest absolute Gasteiger partial charge is 0.493 e. The number of amides is 1. The van der Waals surface area contributed by atoms with Gasteiger partial charge in [-0.25, -0.2) is 8.42 Å². The van der Waals surface area contributed by atoms with Crippen LogP contribution in [0.1, 0.15) is 37.3 Å². The fourth-order valence-electron chi connectivity index (χ4n) is 3.13. The van der Waals surface area contributed by atoms with E-state index < -0.39 is 9.84 Å². The van der Waals surface area contributed by atoms with Gasteiger partial charge in [-0.15, -0.1) is 0 Å². The lowest BCUT2D eigenvalue weighted by atomic mass is 10.1. The average molecular weight is 353 g/mol. The number of sulfone groups is 1. The van der Waals surface area contributed by atoms with Gasteiger partial charge >= 0.3 is 0 Å². The van der Waals surface area contributed by atoms with E-state index in [1.165, 1.54) is 5.56 Å². The molecule has 2 rings (SSSR count). The summed E-state index contributed by atoms with van der Waals surface area (Å²) in [4.78, 5) is 14.2. The van der Waals surface area contributed by atoms with Crippen LogP contribution in [0.3, 0.4) is 0 Å². The van der Waals surface area contributed by atoms with Gasteiger partial charge in [-0.3, -0.25) is 4.79 Å². The van der Waals surface area contributed by atoms with E-state index >= 15 is 0 Å². The number of aryl methyl sites for hydroxylation is 2. The van der Waals surface area contributed by atoms with E-state index in [-0.39, 0.29) is 29.9 Å². The second-order valence-corrected chi connectivity index (χ2v) is 8.74. The molecule has 1 aliphatic rings. The Bertz CT molecular complexity index is 684. The highest BCUT2D eigenvalue weighted by Gasteiger charge is 2.34. The molecule has 0 aromatic heterocycles. The van der Waals surface area contributed by atoms with E-state index in [1.807, 2.05) is 39.0 Å². The van der Waals surface area contributed by atoms with Gasteiger partial charge in [0.1, 0.15) is 5.75 Å². The molecule has 1 unspecified atom stereocenters. The van der Waals surface area contributed by atoms with E-state index in [4.69, 9.17) is 4.74 Å². The molecule has 1 aromatic rings. The van der Waals surface area contributed by atoms with E-state index in [0.29, 0.717) is 19.6 Å². The first-order valence-electron chi connectivity index (χ1n) is 8.52. The molecule has 1 heterocycles. The number of carbonyl (C=O) groups is 1. The molecule has 24 heavy (non-hydrogen) atoms. The predicted molar refractivity (Wildman–Crippen MR) is 95.1 cm³/mol. The maximum Gasteiger partial charge on any atom is 0.226 e. The first kappa shape index (κ1) is 18.8. The van der Waals surface area contributed by atoms with Crippen LogP contribution in [0.15, 0.2) is 18.2 Å². The smallest absolute Gasteiger partial charge is 0.226 e. The van der Waals surface area contributed by atoms with Gasteiger partial charge in [0.15, 0.2) is 9.84 Å². The van der Waals surface area contributed by atoms with Crippen molar-refractivity contribution >= 4 is 15.7 Å². The van der Waals surface area contributed by atoms with E-state index in [9.17, 15) is 13.2 Å². The minimum absolute atomic E-state index is 0.0243. The third-order valence-corrected chi connectivity index (χ3v) is 6.09. The monoisotopic (exact) mass is 353 g/mol. The molecular weight excluding hydrogens is 326 g/mol. The van der Waals surface area contributed by atoms with Crippen LogP contribution in [0, 0.1) is 13.8 Å². The Labute approximate surface area is 144 Å². The topological polar surface area (TPSA) is 63.7 Å². The summed E-state index contributed by atoms with van der Waals surface area (Å²) in [6.07, 6.45) is 1.63. The Morgan fingerprint density at radius 2 is 2.08 bits per heavy atom. The molecule has 0 radical (unpaired) electrons. The number of carbonyl (C=O) groups excluding carboxylic acids is 1. The van der Waals surface area contributed by atoms with Gasteiger partial charge in [-0.05, 0) is 38.3 Å². The molecule has 5 nitrogen and oxygen atoms in total. The molecule has 6 heteroatoms. The number of nitrogens with zero attached hydrogens (tertiary/aromatic N) is 1. The van der Waals surface area contributed by atoms with Gasteiger partial charge in [-0.2, -0.15) is 0 Å². The lowest BCUT2D eigenvalue weighted by Crippen LogP contribution is -2.42. The molecule has 0 saturated carbocycles. The molecule has 1 amide bonds. The summed E-state index contributed by atoms with van der Waals surface area (Å²) in [7, 11) is -2.99. The van der Waals surface area contributed by atoms with Crippen LogP contribution in [-0.4, -0.2) is 49.9 Å². The first-order valence-corrected chi connectivity index (χ1v) is 10.3. The van der Waals surface area contributed by atoms with Crippen molar-refractivity contribution in [1.29, 1.82) is 0 Å². The molecule has 1 aromatic carbocycles. The molecule has 0 aliphatic carbocycles. The normalized spacial score (nSPS) is 19.2. The molecule has 0 bridgehead atoms. The van der Waals surface area contributed by atoms with Crippen LogP contribution in [0.2, 0.25) is 0 Å². The van der Waals surface area contributed by atoms with Crippen LogP contribution in [0.4, 0.5) is 0 Å². The summed E-state index contributed by atoms with van der Waals surface area (Å²) < 4.78 is 29.1. The third kappa shape index (κ3) is 4.97. The maximum atomic E-state index is 12.5. The summed E-state index contributed by atoms with van der Waals surface area (Å²) >= 11 is 0. The Morgan fingerprint density at radius 1 is 1.33 bits per heavy atom. The van der Waals surface area contributed by atoms with Crippen molar-refractivity contribution < 1.29 is 17.9 Å². The van der Waals surface area contributed by atoms with Crippen LogP contribution >= 0.6 is 0 Å². The van der Waals surface area contributed by atoms with Gasteiger partial charge in [0, 0.05) is 12.6 Å². The van der Waals surface area contributed by atoms with E-state index in [1.54, 1.807) is 4.90 Å². The van der Waals surface area contributed by atoms with Crippen LogP contribution in [-0.2, 0) is 14.6 Å². The second kappa shape index (κ2) is 8.01. The molecule has 1 atom stereocenters. The minimum atomic E-state index is -2.99. The lowest BCUT2D eigenvalue weighted by Gasteiger charge is -2.28. The summed E-state index contributed by atoms with van der Waals surface area (Å²) in [6, 6.07) is 5.77. The Morgan fingerprint density at radius 3 is 2.67 bits per heavy atom. The highest BCUT2D eigenvalue weighted by atomic mass is 32.2. The highest BCUT2D eigenvalue weighted by molar-refractivity contribution is 7.91. The second-order valence-electron chi connectivity index (χ2n) is 6.51. The minimum Gasteiger partial charge on any atom is -0.493 e. The number of hydrogen-bond donors (Lipinski definition) is 0. The number of hydrogen-bond acceptors (Lipinski definition) is 4. The average Bonchev–Trinajstić information content (AvgIpc) is 2.86. The van der Waals surface area contributed by atoms with E-state index in [0.717, 1.165) is 17.7 Å². The molecule has 134 valence electrons. The molecule has 1 aliphatic heterocycles. The van der Waals surface area contributed by atoms with Crippen molar-refractivity contribution in [3.8, 4) is 5.75 Å². The van der Waals surface area contributed by atoms with Crippen LogP contribution in [0.5, 0.6) is 5.75 Å². The Balaban J connectivity index is 1.91. The zero-order chi connectivity index (χ0) is 17.7. The van der Waals surface area contributed by atoms with Gasteiger partial charge in [0.05, 0.1) is 24.5 Å². The highest BCUT2D eigenvalue weighted by Crippen LogP contribution is 2.21. The SMILES string of the molecule is CCCN(C(=O)CCOc1ccc(C)cc1C)C1CCS(=O)(=O)C1. The van der Waals surface area contributed by atoms with Crippen molar-refractivity contribution in [3.63, 3.8) is 0 Å². The Hall–Kier alpha value is -1.56. The lowest BCUT2D eigenvalue weighted by molar-refractivity contribution is -0.133.